The fourth-order valence-electron chi connectivity index (χ4n) is 5.06. The van der Waals surface area contributed by atoms with Crippen molar-refractivity contribution < 1.29 is 57.2 Å². The summed E-state index contributed by atoms with van der Waals surface area (Å²) in [5.74, 6) is -1.94. The molecule has 0 rings (SSSR count). The number of halogens is 1. The number of ether oxygens (including phenoxy) is 6. The summed E-state index contributed by atoms with van der Waals surface area (Å²) in [4.78, 5) is 77.4. The lowest BCUT2D eigenvalue weighted by atomic mass is 9.91. The number of alkyl halides is 1. The van der Waals surface area contributed by atoms with Crippen LogP contribution in [-0.4, -0.2) is 168 Å². The van der Waals surface area contributed by atoms with Crippen molar-refractivity contribution in [1.82, 2.24) is 10.6 Å². The summed E-state index contributed by atoms with van der Waals surface area (Å²) in [5.41, 5.74) is 3.32. The number of amides is 2. The number of unbranched alkanes of at least 4 members (excludes halogenated alkanes) is 1. The Bertz CT molecular complexity index is 1370. The van der Waals surface area contributed by atoms with E-state index in [4.69, 9.17) is 39.6 Å². The fourth-order valence-corrected chi connectivity index (χ4v) is 7.17. The lowest BCUT2D eigenvalue weighted by molar-refractivity contribution is -0.173. The molecule has 5 N–H and O–H groups in total. The number of carbonyl (C=O) groups is 6. The predicted octanol–water partition coefficient (Wildman–Crippen LogP) is 4.91. The molecule has 0 saturated carbocycles. The lowest BCUT2D eigenvalue weighted by Crippen LogP contribution is -2.47. The number of hydrogen-bond acceptors (Lipinski definition) is 13. The Kier molecular flexibility index (Phi) is 29.7. The molecule has 2 atom stereocenters. The van der Waals surface area contributed by atoms with Crippen LogP contribution in [0.1, 0.15) is 80.1 Å². The highest BCUT2D eigenvalue weighted by Gasteiger charge is 2.43. The number of nitrogens with one attached hydrogen (secondary N) is 3. The Morgan fingerprint density at radius 1 is 0.705 bits per heavy atom. The van der Waals surface area contributed by atoms with Gasteiger partial charge in [0.1, 0.15) is 26.4 Å². The average molecular weight is 1040 g/mol. The van der Waals surface area contributed by atoms with Crippen LogP contribution in [-0.2, 0) is 57.2 Å². The first kappa shape index (κ1) is 59.4. The molecule has 0 heterocycles. The molecule has 0 aliphatic heterocycles. The summed E-state index contributed by atoms with van der Waals surface area (Å²) >= 11 is 1.95. The number of hydrogen-bond donors (Lipinski definition) is 4. The van der Waals surface area contributed by atoms with Gasteiger partial charge in [-0.2, -0.15) is 0 Å². The SMILES string of the molecule is CPCC(C)(C)C(=O)OCC(COCC(=O)NCCOCCOCCCC(=O)C(CCCCC(=N)N)NC(=O)CI)(COC(=O)C(C)(C)P(C)C)COC(=O)C(C)(C)P(C)C. The summed E-state index contributed by atoms with van der Waals surface area (Å²) < 4.78 is 34.9. The largest absolute Gasteiger partial charge is 0.464 e. The third-order valence-corrected chi connectivity index (χ3v) is 17.0. The van der Waals surface area contributed by atoms with Crippen molar-refractivity contribution in [1.29, 1.82) is 5.41 Å². The van der Waals surface area contributed by atoms with Crippen LogP contribution >= 0.6 is 47.0 Å². The summed E-state index contributed by atoms with van der Waals surface area (Å²) in [7, 11) is -0.939. The van der Waals surface area contributed by atoms with Crippen molar-refractivity contribution in [2.45, 2.75) is 96.4 Å². The van der Waals surface area contributed by atoms with Gasteiger partial charge in [0.2, 0.25) is 11.8 Å². The normalized spacial score (nSPS) is 13.0. The van der Waals surface area contributed by atoms with Gasteiger partial charge in [-0.1, -0.05) is 44.9 Å². The van der Waals surface area contributed by atoms with E-state index in [2.05, 4.69) is 10.6 Å². The van der Waals surface area contributed by atoms with Crippen LogP contribution in [0.2, 0.25) is 0 Å². The van der Waals surface area contributed by atoms with E-state index in [-0.39, 0.29) is 87.8 Å². The van der Waals surface area contributed by atoms with Crippen molar-refractivity contribution in [2.75, 3.05) is 110 Å². The van der Waals surface area contributed by atoms with E-state index in [1.54, 1.807) is 13.8 Å². The molecular weight excluding hydrogens is 960 g/mol. The zero-order valence-electron chi connectivity index (χ0n) is 38.6. The smallest absolute Gasteiger partial charge is 0.315 e. The van der Waals surface area contributed by atoms with E-state index < -0.39 is 66.8 Å². The van der Waals surface area contributed by atoms with Gasteiger partial charge in [0, 0.05) is 26.0 Å². The first-order valence-corrected chi connectivity index (χ1v) is 28.3. The Balaban J connectivity index is 5.29. The van der Waals surface area contributed by atoms with Crippen molar-refractivity contribution in [2.24, 2.45) is 16.6 Å². The molecular formula is C41H76IN4O12P3. The lowest BCUT2D eigenvalue weighted by Gasteiger charge is -2.36. The molecule has 0 fully saturated rings. The van der Waals surface area contributed by atoms with Gasteiger partial charge in [-0.05, 0) is 100 Å². The van der Waals surface area contributed by atoms with Crippen molar-refractivity contribution in [3.63, 3.8) is 0 Å². The third kappa shape index (κ3) is 24.3. The number of nitrogens with two attached hydrogens (primary N) is 1. The van der Waals surface area contributed by atoms with Crippen molar-refractivity contribution >= 4 is 88.4 Å². The molecule has 16 nitrogen and oxygen atoms in total. The summed E-state index contributed by atoms with van der Waals surface area (Å²) in [6.07, 6.45) is 3.64. The van der Waals surface area contributed by atoms with E-state index in [1.807, 2.05) is 83.6 Å². The molecule has 354 valence electrons. The van der Waals surface area contributed by atoms with Crippen LogP contribution in [0.5, 0.6) is 0 Å². The molecule has 2 amide bonds. The molecule has 0 aromatic heterocycles. The van der Waals surface area contributed by atoms with Crippen LogP contribution in [0.25, 0.3) is 0 Å². The minimum Gasteiger partial charge on any atom is -0.464 e. The molecule has 2 unspecified atom stereocenters. The minimum absolute atomic E-state index is 0.0640. The average Bonchev–Trinajstić information content (AvgIpc) is 3.18. The van der Waals surface area contributed by atoms with E-state index in [9.17, 15) is 28.8 Å². The summed E-state index contributed by atoms with van der Waals surface area (Å²) in [5, 5.41) is 11.3. The van der Waals surface area contributed by atoms with Crippen LogP contribution in [0.4, 0.5) is 0 Å². The standard InChI is InChI=1S/C41H76IN4O12P3/c1-38(2,29-59-7)35(50)56-26-41(27-57-36(51)39(3,4)60(8)9,28-58-37(52)40(5,6)61(10)11)25-55-24-34(49)45-18-20-54-22-21-53-19-14-16-31(47)30(46-33(48)23-42)15-12-13-17-32(43)44/h30,59H,12-29H2,1-11H3,(H3,43,44)(H,45,49)(H,46,48). The summed E-state index contributed by atoms with van der Waals surface area (Å²) in [6.45, 7) is 20.6. The van der Waals surface area contributed by atoms with Gasteiger partial charge in [0.25, 0.3) is 0 Å². The van der Waals surface area contributed by atoms with E-state index in [0.717, 1.165) is 0 Å². The molecule has 0 bridgehead atoms. The Labute approximate surface area is 382 Å². The molecule has 61 heavy (non-hydrogen) atoms. The van der Waals surface area contributed by atoms with Crippen LogP contribution < -0.4 is 16.4 Å². The maximum atomic E-state index is 13.3. The monoisotopic (exact) mass is 1040 g/mol. The molecule has 0 aromatic carbocycles. The second kappa shape index (κ2) is 30.5. The van der Waals surface area contributed by atoms with Gasteiger partial charge < -0.3 is 44.8 Å². The van der Waals surface area contributed by atoms with E-state index in [0.29, 0.717) is 53.5 Å². The zero-order valence-corrected chi connectivity index (χ0v) is 43.5. The van der Waals surface area contributed by atoms with Crippen LogP contribution in [0, 0.1) is 16.2 Å². The first-order valence-electron chi connectivity index (χ1n) is 20.6. The van der Waals surface area contributed by atoms with Gasteiger partial charge in [-0.3, -0.25) is 34.2 Å². The van der Waals surface area contributed by atoms with Crippen molar-refractivity contribution in [3.05, 3.63) is 0 Å². The first-order chi connectivity index (χ1) is 28.4. The quantitative estimate of drug-likeness (QED) is 0.00968. The second-order valence-electron chi connectivity index (χ2n) is 17.2. The molecule has 0 spiro atoms. The van der Waals surface area contributed by atoms with Gasteiger partial charge in [0.05, 0.1) is 63.9 Å². The zero-order chi connectivity index (χ0) is 46.9. The second-order valence-corrected chi connectivity index (χ2v) is 24.8. The highest BCUT2D eigenvalue weighted by molar-refractivity contribution is 14.1. The predicted molar refractivity (Wildman–Crippen MR) is 255 cm³/mol. The van der Waals surface area contributed by atoms with E-state index >= 15 is 0 Å². The Morgan fingerprint density at radius 2 is 1.23 bits per heavy atom. The molecule has 0 aliphatic carbocycles. The van der Waals surface area contributed by atoms with Crippen molar-refractivity contribution in [3.8, 4) is 0 Å². The van der Waals surface area contributed by atoms with Crippen LogP contribution in [0.15, 0.2) is 0 Å². The van der Waals surface area contributed by atoms with Gasteiger partial charge >= 0.3 is 17.9 Å². The van der Waals surface area contributed by atoms with Gasteiger partial charge in [-0.25, -0.2) is 0 Å². The number of ketones is 1. The number of esters is 3. The van der Waals surface area contributed by atoms with Gasteiger partial charge in [-0.15, -0.1) is 8.58 Å². The topological polar surface area (TPSA) is 232 Å². The van der Waals surface area contributed by atoms with Gasteiger partial charge in [0.15, 0.2) is 5.78 Å². The number of rotatable bonds is 35. The van der Waals surface area contributed by atoms with Crippen LogP contribution in [0.3, 0.4) is 0 Å². The Hall–Kier alpha value is -1.61. The Morgan fingerprint density at radius 3 is 1.72 bits per heavy atom. The third-order valence-electron chi connectivity index (χ3n) is 10.3. The minimum atomic E-state index is -1.31. The summed E-state index contributed by atoms with van der Waals surface area (Å²) in [6, 6.07) is -0.575. The molecule has 0 aliphatic rings. The number of amidine groups is 1. The molecule has 0 aromatic rings. The maximum Gasteiger partial charge on any atom is 0.315 e. The number of carbonyl (C=O) groups excluding carboxylic acids is 6. The molecule has 20 heteroatoms. The highest BCUT2D eigenvalue weighted by Crippen LogP contribution is 2.44. The van der Waals surface area contributed by atoms with E-state index in [1.165, 1.54) is 0 Å². The molecule has 0 radical (unpaired) electrons. The molecule has 0 saturated heterocycles. The highest BCUT2D eigenvalue weighted by atomic mass is 127. The maximum absolute atomic E-state index is 13.3. The number of Topliss-reactive ketones (excluding diaryl/α,β-unsaturated/α-hetero) is 1. The fraction of sp³-hybridized carbons (Fsp3) is 0.829.